The molecule has 146 valence electrons. The summed E-state index contributed by atoms with van der Waals surface area (Å²) in [5.41, 5.74) is 2.05. The minimum absolute atomic E-state index is 0.0990. The number of nitrogens with one attached hydrogen (secondary N) is 1. The number of ether oxygens (including phenoxy) is 1. The molecule has 0 saturated carbocycles. The fraction of sp³-hybridized carbons (Fsp3) is 0.333. The van der Waals surface area contributed by atoms with Gasteiger partial charge in [0.05, 0.1) is 11.0 Å². The number of hydrogen-bond acceptors (Lipinski definition) is 7. The number of aromatic nitrogens is 2. The van der Waals surface area contributed by atoms with Gasteiger partial charge in [0.1, 0.15) is 23.7 Å². The van der Waals surface area contributed by atoms with Gasteiger partial charge in [-0.1, -0.05) is 12.1 Å². The monoisotopic (exact) mass is 402 g/mol. The third-order valence-corrected chi connectivity index (χ3v) is 6.11. The Balaban J connectivity index is 1.57. The molecule has 4 rings (SSSR count). The van der Waals surface area contributed by atoms with E-state index in [-0.39, 0.29) is 23.6 Å². The van der Waals surface area contributed by atoms with Crippen LogP contribution in [-0.2, 0) is 26.2 Å². The molecule has 0 bridgehead atoms. The third-order valence-electron chi connectivity index (χ3n) is 4.77. The van der Waals surface area contributed by atoms with Crippen molar-refractivity contribution in [1.82, 2.24) is 14.5 Å². The first-order valence-corrected chi connectivity index (χ1v) is 9.64. The average Bonchev–Trinajstić information content (AvgIpc) is 2.99. The number of imidazole rings is 1. The molecular formula is C18H18N4O5S. The summed E-state index contributed by atoms with van der Waals surface area (Å²) < 4.78 is 6.80. The van der Waals surface area contributed by atoms with E-state index in [0.29, 0.717) is 17.3 Å². The number of benzene rings is 1. The van der Waals surface area contributed by atoms with Gasteiger partial charge >= 0.3 is 11.9 Å². The SMILES string of the molecule is CC(=O)OCC1=C(C(=O)O)N2C(=O)C(Nc3nc4ccccc4n3C)[C@H]2SC1. The Kier molecular flexibility index (Phi) is 4.50. The smallest absolute Gasteiger partial charge is 0.352 e. The van der Waals surface area contributed by atoms with E-state index in [0.717, 1.165) is 11.0 Å². The molecule has 1 amide bonds. The summed E-state index contributed by atoms with van der Waals surface area (Å²) >= 11 is 1.43. The molecule has 1 fully saturated rings. The number of esters is 1. The van der Waals surface area contributed by atoms with Gasteiger partial charge in [0.2, 0.25) is 5.95 Å². The predicted octanol–water partition coefficient (Wildman–Crippen LogP) is 1.17. The van der Waals surface area contributed by atoms with Gasteiger partial charge in [-0.3, -0.25) is 14.5 Å². The molecule has 9 nitrogen and oxygen atoms in total. The number of thioether (sulfide) groups is 1. The van der Waals surface area contributed by atoms with Crippen LogP contribution in [0.5, 0.6) is 0 Å². The number of anilines is 1. The first-order valence-electron chi connectivity index (χ1n) is 8.60. The fourth-order valence-electron chi connectivity index (χ4n) is 3.40. The summed E-state index contributed by atoms with van der Waals surface area (Å²) in [4.78, 5) is 41.3. The Morgan fingerprint density at radius 3 is 2.82 bits per heavy atom. The molecule has 3 heterocycles. The number of amides is 1. The van der Waals surface area contributed by atoms with Crippen LogP contribution in [-0.4, -0.2) is 61.2 Å². The second-order valence-electron chi connectivity index (χ2n) is 6.55. The summed E-state index contributed by atoms with van der Waals surface area (Å²) in [5.74, 6) is -1.14. The molecule has 0 radical (unpaired) electrons. The van der Waals surface area contributed by atoms with Gasteiger partial charge in [0.25, 0.3) is 5.91 Å². The van der Waals surface area contributed by atoms with Crippen molar-refractivity contribution in [3.05, 3.63) is 35.5 Å². The fourth-order valence-corrected chi connectivity index (χ4v) is 4.72. The number of carbonyl (C=O) groups excluding carboxylic acids is 2. The zero-order valence-corrected chi connectivity index (χ0v) is 16.0. The van der Waals surface area contributed by atoms with E-state index in [1.54, 1.807) is 0 Å². The van der Waals surface area contributed by atoms with E-state index in [1.807, 2.05) is 35.9 Å². The number of nitrogens with zero attached hydrogens (tertiary/aromatic N) is 3. The number of carbonyl (C=O) groups is 3. The number of carboxylic acid groups (broad SMARTS) is 1. The van der Waals surface area contributed by atoms with Crippen LogP contribution in [0.25, 0.3) is 11.0 Å². The van der Waals surface area contributed by atoms with Crippen molar-refractivity contribution in [3.63, 3.8) is 0 Å². The van der Waals surface area contributed by atoms with Crippen LogP contribution in [0.1, 0.15) is 6.92 Å². The molecule has 1 aromatic carbocycles. The quantitative estimate of drug-likeness (QED) is 0.566. The third kappa shape index (κ3) is 2.89. The molecule has 1 aromatic heterocycles. The van der Waals surface area contributed by atoms with Crippen molar-refractivity contribution < 1.29 is 24.2 Å². The van der Waals surface area contributed by atoms with Gasteiger partial charge in [0.15, 0.2) is 0 Å². The summed E-state index contributed by atoms with van der Waals surface area (Å²) in [6.07, 6.45) is 0. The van der Waals surface area contributed by atoms with Crippen LogP contribution >= 0.6 is 11.8 Å². The summed E-state index contributed by atoms with van der Waals surface area (Å²) in [6.45, 7) is 1.12. The Bertz CT molecular complexity index is 1030. The van der Waals surface area contributed by atoms with Gasteiger partial charge in [-0.25, -0.2) is 9.78 Å². The Labute approximate surface area is 164 Å². The standard InChI is InChI=1S/C18H18N4O5S/c1-9(23)27-7-10-8-28-16-13(15(24)22(16)14(10)17(25)26)20-18-19-11-5-3-4-6-12(11)21(18)2/h3-6,13,16H,7-8H2,1-2H3,(H,19,20)(H,25,26)/t13?,16-/m1/s1. The molecule has 2 atom stereocenters. The van der Waals surface area contributed by atoms with Gasteiger partial charge in [-0.15, -0.1) is 11.8 Å². The molecule has 2 aliphatic heterocycles. The number of fused-ring (bicyclic) bond motifs is 2. The van der Waals surface area contributed by atoms with Crippen molar-refractivity contribution in [3.8, 4) is 0 Å². The Morgan fingerprint density at radius 1 is 1.39 bits per heavy atom. The van der Waals surface area contributed by atoms with E-state index in [1.165, 1.54) is 23.6 Å². The van der Waals surface area contributed by atoms with Crippen LogP contribution < -0.4 is 5.32 Å². The number of hydrogen-bond donors (Lipinski definition) is 2. The van der Waals surface area contributed by atoms with Crippen molar-refractivity contribution in [2.24, 2.45) is 7.05 Å². The highest BCUT2D eigenvalue weighted by molar-refractivity contribution is 8.00. The summed E-state index contributed by atoms with van der Waals surface area (Å²) in [6, 6.07) is 7.04. The molecule has 28 heavy (non-hydrogen) atoms. The van der Waals surface area contributed by atoms with Gasteiger partial charge in [0, 0.05) is 25.3 Å². The van der Waals surface area contributed by atoms with Crippen LogP contribution in [0.15, 0.2) is 35.5 Å². The highest BCUT2D eigenvalue weighted by atomic mass is 32.2. The summed E-state index contributed by atoms with van der Waals surface area (Å²) in [7, 11) is 1.85. The molecule has 1 saturated heterocycles. The zero-order valence-electron chi connectivity index (χ0n) is 15.2. The van der Waals surface area contributed by atoms with E-state index in [9.17, 15) is 19.5 Å². The lowest BCUT2D eigenvalue weighted by Gasteiger charge is -2.49. The second-order valence-corrected chi connectivity index (χ2v) is 7.66. The number of carboxylic acids is 1. The highest BCUT2D eigenvalue weighted by Gasteiger charge is 2.54. The average molecular weight is 402 g/mol. The lowest BCUT2D eigenvalue weighted by molar-refractivity contribution is -0.147. The van der Waals surface area contributed by atoms with E-state index < -0.39 is 18.0 Å². The summed E-state index contributed by atoms with van der Waals surface area (Å²) in [5, 5.41) is 12.4. The maximum atomic E-state index is 12.7. The maximum absolute atomic E-state index is 12.7. The largest absolute Gasteiger partial charge is 0.477 e. The lowest BCUT2D eigenvalue weighted by atomic mass is 10.0. The number of para-hydroxylation sites is 2. The Hall–Kier alpha value is -3.01. The predicted molar refractivity (Wildman–Crippen MR) is 103 cm³/mol. The number of β-lactam (4-membered cyclic amide) rings is 1. The molecule has 0 spiro atoms. The highest BCUT2D eigenvalue weighted by Crippen LogP contribution is 2.41. The normalized spacial score (nSPS) is 21.4. The minimum atomic E-state index is -1.21. The van der Waals surface area contributed by atoms with Gasteiger partial charge < -0.3 is 19.7 Å². The molecule has 2 N–H and O–H groups in total. The molecule has 10 heteroatoms. The van der Waals surface area contributed by atoms with Crippen molar-refractivity contribution in [2.45, 2.75) is 18.3 Å². The van der Waals surface area contributed by atoms with Crippen LogP contribution in [0.2, 0.25) is 0 Å². The molecule has 0 aliphatic carbocycles. The van der Waals surface area contributed by atoms with E-state index in [4.69, 9.17) is 4.74 Å². The van der Waals surface area contributed by atoms with E-state index in [2.05, 4.69) is 10.3 Å². The molecule has 2 aliphatic rings. The van der Waals surface area contributed by atoms with Gasteiger partial charge in [-0.2, -0.15) is 0 Å². The molecule has 1 unspecified atom stereocenters. The number of aryl methyl sites for hydroxylation is 1. The van der Waals surface area contributed by atoms with Crippen molar-refractivity contribution in [1.29, 1.82) is 0 Å². The lowest BCUT2D eigenvalue weighted by Crippen LogP contribution is -2.67. The first-order chi connectivity index (χ1) is 13.4. The zero-order chi connectivity index (χ0) is 20.0. The minimum Gasteiger partial charge on any atom is -0.477 e. The molecule has 2 aromatic rings. The topological polar surface area (TPSA) is 114 Å². The van der Waals surface area contributed by atoms with Crippen LogP contribution in [0.4, 0.5) is 5.95 Å². The number of aliphatic carboxylic acids is 1. The number of rotatable bonds is 5. The van der Waals surface area contributed by atoms with E-state index >= 15 is 0 Å². The van der Waals surface area contributed by atoms with Crippen LogP contribution in [0, 0.1) is 0 Å². The first kappa shape index (κ1) is 18.4. The Morgan fingerprint density at radius 2 is 2.14 bits per heavy atom. The second kappa shape index (κ2) is 6.86. The maximum Gasteiger partial charge on any atom is 0.352 e. The van der Waals surface area contributed by atoms with Crippen molar-refractivity contribution in [2.75, 3.05) is 17.7 Å². The van der Waals surface area contributed by atoms with Crippen LogP contribution in [0.3, 0.4) is 0 Å². The molecular weight excluding hydrogens is 384 g/mol. The van der Waals surface area contributed by atoms with Gasteiger partial charge in [-0.05, 0) is 12.1 Å². The van der Waals surface area contributed by atoms with Crippen molar-refractivity contribution >= 4 is 46.6 Å².